The molecule has 1 aliphatic rings. The van der Waals surface area contributed by atoms with Crippen LogP contribution in [-0.4, -0.2) is 75.7 Å². The molecule has 44 heavy (non-hydrogen) atoms. The second-order valence-electron chi connectivity index (χ2n) is 9.36. The van der Waals surface area contributed by atoms with Gasteiger partial charge in [0.15, 0.2) is 0 Å². The van der Waals surface area contributed by atoms with E-state index < -0.39 is 28.1 Å². The summed E-state index contributed by atoms with van der Waals surface area (Å²) >= 11 is 0. The van der Waals surface area contributed by atoms with Crippen molar-refractivity contribution < 1.29 is 43.6 Å². The minimum atomic E-state index is -1.05. The smallest absolute Gasteiger partial charge is 0.414 e. The van der Waals surface area contributed by atoms with Gasteiger partial charge in [0.05, 0.1) is 9.85 Å². The van der Waals surface area contributed by atoms with E-state index in [2.05, 4.69) is 20.9 Å². The molecule has 1 fully saturated rings. The summed E-state index contributed by atoms with van der Waals surface area (Å²) in [6.45, 7) is 0.0116. The van der Waals surface area contributed by atoms with Gasteiger partial charge in [-0.15, -0.1) is 0 Å². The maximum atomic E-state index is 12.4. The van der Waals surface area contributed by atoms with Crippen LogP contribution < -0.4 is 16.0 Å². The number of hydrogen-bond acceptors (Lipinski definition) is 11. The molecule has 3 rings (SSSR count). The quantitative estimate of drug-likeness (QED) is 0.0940. The minimum absolute atomic E-state index is 0.0140. The number of non-ortho nitro benzene ring substituents is 2. The molecule has 2 aromatic carbocycles. The molecule has 4 N–H and O–H groups in total. The Bertz CT molecular complexity index is 1320. The third-order valence-corrected chi connectivity index (χ3v) is 6.13. The number of hydrogen-bond donors (Lipinski definition) is 4. The predicted octanol–water partition coefficient (Wildman–Crippen LogP) is 2.66. The van der Waals surface area contributed by atoms with Crippen molar-refractivity contribution in [3.8, 4) is 0 Å². The molecule has 0 aromatic heterocycles. The van der Waals surface area contributed by atoms with E-state index in [1.807, 2.05) is 0 Å². The van der Waals surface area contributed by atoms with E-state index in [1.165, 1.54) is 53.4 Å². The lowest BCUT2D eigenvalue weighted by Gasteiger charge is -2.14. The first-order valence-electron chi connectivity index (χ1n) is 13.2. The molecule has 0 unspecified atom stereocenters. The van der Waals surface area contributed by atoms with E-state index in [0.717, 1.165) is 0 Å². The molecule has 4 amide bonds. The van der Waals surface area contributed by atoms with Crippen LogP contribution >= 0.6 is 0 Å². The van der Waals surface area contributed by atoms with Crippen LogP contribution in [0, 0.1) is 20.2 Å². The van der Waals surface area contributed by atoms with Crippen molar-refractivity contribution in [2.45, 2.75) is 38.5 Å². The summed E-state index contributed by atoms with van der Waals surface area (Å²) in [7, 11) is 0. The normalized spacial score (nSPS) is 13.7. The van der Waals surface area contributed by atoms with Gasteiger partial charge in [-0.1, -0.05) is 0 Å². The molecule has 234 valence electrons. The van der Waals surface area contributed by atoms with Gasteiger partial charge >= 0.3 is 18.3 Å². The number of benzene rings is 2. The Morgan fingerprint density at radius 2 is 1.39 bits per heavy atom. The summed E-state index contributed by atoms with van der Waals surface area (Å²) in [6.07, 6.45) is -2.34. The molecule has 0 bridgehead atoms. The van der Waals surface area contributed by atoms with Gasteiger partial charge < -0.3 is 24.8 Å². The number of nitro benzene ring substituents is 2. The zero-order valence-electron chi connectivity index (χ0n) is 23.2. The summed E-state index contributed by atoms with van der Waals surface area (Å²) in [5.41, 5.74) is 0.644. The van der Waals surface area contributed by atoms with Crippen molar-refractivity contribution in [2.24, 2.45) is 4.99 Å². The first-order valence-corrected chi connectivity index (χ1v) is 13.2. The Morgan fingerprint density at radius 3 is 1.82 bits per heavy atom. The highest BCUT2D eigenvalue weighted by Crippen LogP contribution is 2.14. The second kappa shape index (κ2) is 16.0. The number of alkyl carbamates (subject to hydrolysis) is 2. The van der Waals surface area contributed by atoms with Gasteiger partial charge in [-0.25, -0.2) is 14.4 Å². The number of nitrogens with one attached hydrogen (secondary N) is 3. The van der Waals surface area contributed by atoms with Crippen LogP contribution in [0.15, 0.2) is 53.5 Å². The summed E-state index contributed by atoms with van der Waals surface area (Å²) in [5.74, 6) is -0.661. The van der Waals surface area contributed by atoms with Crippen molar-refractivity contribution in [3.05, 3.63) is 79.9 Å². The molecule has 18 nitrogen and oxygen atoms in total. The van der Waals surface area contributed by atoms with Gasteiger partial charge in [0.1, 0.15) is 13.2 Å². The van der Waals surface area contributed by atoms with E-state index in [9.17, 15) is 39.4 Å². The predicted molar refractivity (Wildman–Crippen MR) is 151 cm³/mol. The number of amides is 4. The third-order valence-electron chi connectivity index (χ3n) is 6.13. The Hall–Kier alpha value is -5.81. The molecule has 1 atom stereocenters. The van der Waals surface area contributed by atoms with Crippen molar-refractivity contribution in [2.75, 3.05) is 19.6 Å². The summed E-state index contributed by atoms with van der Waals surface area (Å²) in [4.78, 5) is 73.8. The third kappa shape index (κ3) is 10.9. The Labute approximate surface area is 249 Å². The first-order chi connectivity index (χ1) is 21.0. The second-order valence-corrected chi connectivity index (χ2v) is 9.36. The number of nitro groups is 2. The lowest BCUT2D eigenvalue weighted by atomic mass is 10.2. The van der Waals surface area contributed by atoms with Crippen molar-refractivity contribution >= 4 is 41.5 Å². The number of carbonyl (C=O) groups excluding carboxylic acids is 3. The number of carbonyl (C=O) groups is 4. The van der Waals surface area contributed by atoms with E-state index in [-0.39, 0.29) is 68.4 Å². The molecule has 1 aliphatic heterocycles. The molecular weight excluding hydrogens is 586 g/mol. The Kier molecular flexibility index (Phi) is 11.9. The molecule has 1 heterocycles. The van der Waals surface area contributed by atoms with Crippen molar-refractivity contribution in [1.82, 2.24) is 20.9 Å². The van der Waals surface area contributed by atoms with Crippen LogP contribution in [0.1, 0.15) is 30.4 Å². The van der Waals surface area contributed by atoms with Gasteiger partial charge in [0.25, 0.3) is 11.4 Å². The molecule has 18 heteroatoms. The monoisotopic (exact) mass is 615 g/mol. The van der Waals surface area contributed by atoms with E-state index in [0.29, 0.717) is 24.1 Å². The number of carboxylic acid groups (broad SMARTS) is 1. The van der Waals surface area contributed by atoms with Gasteiger partial charge in [0.2, 0.25) is 11.9 Å². The fourth-order valence-electron chi connectivity index (χ4n) is 3.88. The van der Waals surface area contributed by atoms with Gasteiger partial charge in [-0.05, 0) is 48.2 Å². The van der Waals surface area contributed by atoms with Crippen LogP contribution in [0.2, 0.25) is 0 Å². The number of guanidine groups is 1. The molecule has 0 radical (unpaired) electrons. The lowest BCUT2D eigenvalue weighted by molar-refractivity contribution is -0.385. The molecular formula is C26H29N7O11. The SMILES string of the molecule is O=C(CCCN=C(NC(=O)OCc1ccc([N+](=O)[O-])cc1)NC(=O)OCc1ccc([N+](=O)[O-])cc1)N[C@H]1CCN(C(=O)O)C1. The number of rotatable bonds is 11. The van der Waals surface area contributed by atoms with E-state index in [4.69, 9.17) is 14.6 Å². The van der Waals surface area contributed by atoms with Gasteiger partial charge in [0, 0.05) is 56.4 Å². The topological polar surface area (TPSA) is 245 Å². The van der Waals surface area contributed by atoms with Gasteiger partial charge in [-0.3, -0.25) is 40.6 Å². The molecule has 0 aliphatic carbocycles. The Balaban J connectivity index is 1.53. The summed E-state index contributed by atoms with van der Waals surface area (Å²) in [5, 5.41) is 37.9. The molecule has 0 saturated carbocycles. The highest BCUT2D eigenvalue weighted by molar-refractivity contribution is 6.01. The van der Waals surface area contributed by atoms with Crippen LogP contribution in [-0.2, 0) is 27.5 Å². The number of ether oxygens (including phenoxy) is 2. The largest absolute Gasteiger partial charge is 0.465 e. The fourth-order valence-corrected chi connectivity index (χ4v) is 3.88. The molecule has 1 saturated heterocycles. The molecule has 2 aromatic rings. The van der Waals surface area contributed by atoms with Crippen LogP contribution in [0.4, 0.5) is 25.8 Å². The first kappa shape index (κ1) is 32.7. The summed E-state index contributed by atoms with van der Waals surface area (Å²) in [6, 6.07) is 10.3. The van der Waals surface area contributed by atoms with E-state index >= 15 is 0 Å². The fraction of sp³-hybridized carbons (Fsp3) is 0.346. The maximum absolute atomic E-state index is 12.4. The highest BCUT2D eigenvalue weighted by atomic mass is 16.6. The van der Waals surface area contributed by atoms with Crippen LogP contribution in [0.25, 0.3) is 0 Å². The van der Waals surface area contributed by atoms with Crippen molar-refractivity contribution in [1.29, 1.82) is 0 Å². The maximum Gasteiger partial charge on any atom is 0.414 e. The zero-order chi connectivity index (χ0) is 32.1. The average Bonchev–Trinajstić information content (AvgIpc) is 3.46. The van der Waals surface area contributed by atoms with Crippen LogP contribution in [0.5, 0.6) is 0 Å². The number of nitrogens with zero attached hydrogens (tertiary/aromatic N) is 4. The number of likely N-dealkylation sites (tertiary alicyclic amines) is 1. The minimum Gasteiger partial charge on any atom is -0.465 e. The zero-order valence-corrected chi connectivity index (χ0v) is 23.2. The highest BCUT2D eigenvalue weighted by Gasteiger charge is 2.26. The molecule has 0 spiro atoms. The number of aliphatic imine (C=N–C) groups is 1. The average molecular weight is 616 g/mol. The van der Waals surface area contributed by atoms with E-state index in [1.54, 1.807) is 0 Å². The van der Waals surface area contributed by atoms with Gasteiger partial charge in [-0.2, -0.15) is 0 Å². The van der Waals surface area contributed by atoms with Crippen LogP contribution in [0.3, 0.4) is 0 Å². The summed E-state index contributed by atoms with van der Waals surface area (Å²) < 4.78 is 10.2. The standard InChI is InChI=1S/C26H29N7O11/c34-22(28-19-11-13-31(14-19)26(37)38)2-1-12-27-23(29-24(35)43-15-17-3-7-20(8-4-17)32(39)40)30-25(36)44-16-18-5-9-21(10-6-18)33(41)42/h3-10,19H,1-2,11-16H2,(H,28,34)(H,37,38)(H2,27,29,30,35,36)/t19-/m0/s1. The Morgan fingerprint density at radius 1 is 0.886 bits per heavy atom. The lowest BCUT2D eigenvalue weighted by Crippen LogP contribution is -2.44. The van der Waals surface area contributed by atoms with Crippen molar-refractivity contribution in [3.63, 3.8) is 0 Å².